The molecular formula is C19H10ClF3N4O. The number of benzene rings is 2. The van der Waals surface area contributed by atoms with Gasteiger partial charge in [0.2, 0.25) is 0 Å². The predicted octanol–water partition coefficient (Wildman–Crippen LogP) is 5.96. The molecule has 5 nitrogen and oxygen atoms in total. The molecule has 9 heteroatoms. The Bertz CT molecular complexity index is 1200. The highest BCUT2D eigenvalue weighted by molar-refractivity contribution is 6.30. The maximum absolute atomic E-state index is 13.4. The van der Waals surface area contributed by atoms with Gasteiger partial charge < -0.3 is 9.09 Å². The van der Waals surface area contributed by atoms with Crippen LogP contribution < -0.4 is 0 Å². The van der Waals surface area contributed by atoms with E-state index >= 15 is 0 Å². The van der Waals surface area contributed by atoms with Gasteiger partial charge in [-0.05, 0) is 36.4 Å². The molecule has 0 aliphatic rings. The molecule has 0 saturated carbocycles. The van der Waals surface area contributed by atoms with Crippen molar-refractivity contribution in [3.63, 3.8) is 0 Å². The molecular weight excluding hydrogens is 393 g/mol. The van der Waals surface area contributed by atoms with Crippen molar-refractivity contribution >= 4 is 28.2 Å². The van der Waals surface area contributed by atoms with Gasteiger partial charge in [-0.15, -0.1) is 0 Å². The molecule has 4 aromatic rings. The highest BCUT2D eigenvalue weighted by Crippen LogP contribution is 2.41. The van der Waals surface area contributed by atoms with E-state index in [4.69, 9.17) is 22.7 Å². The zero-order valence-corrected chi connectivity index (χ0v) is 14.8. The van der Waals surface area contributed by atoms with Gasteiger partial charge in [-0.2, -0.15) is 18.2 Å². The van der Waals surface area contributed by atoms with Gasteiger partial charge in [-0.3, -0.25) is 0 Å². The van der Waals surface area contributed by atoms with Crippen molar-refractivity contribution in [1.29, 1.82) is 0 Å². The summed E-state index contributed by atoms with van der Waals surface area (Å²) in [7, 11) is 0. The molecule has 2 aromatic heterocycles. The molecule has 0 bridgehead atoms. The third kappa shape index (κ3) is 3.21. The van der Waals surface area contributed by atoms with Crippen LogP contribution in [0.5, 0.6) is 0 Å². The topological polar surface area (TPSA) is 48.2 Å². The summed E-state index contributed by atoms with van der Waals surface area (Å²) in [6.07, 6.45) is -3.12. The molecule has 0 aliphatic carbocycles. The van der Waals surface area contributed by atoms with Crippen LogP contribution in [0.3, 0.4) is 0 Å². The highest BCUT2D eigenvalue weighted by Gasteiger charge is 2.36. The maximum Gasteiger partial charge on any atom is 0.408 e. The molecule has 0 N–H and O–H groups in total. The summed E-state index contributed by atoms with van der Waals surface area (Å²) in [5.41, 5.74) is -0.352. The van der Waals surface area contributed by atoms with Gasteiger partial charge in [0.25, 0.3) is 5.89 Å². The molecule has 2 heterocycles. The van der Waals surface area contributed by atoms with Crippen LogP contribution in [0.2, 0.25) is 5.02 Å². The van der Waals surface area contributed by atoms with Crippen LogP contribution in [0.4, 0.5) is 18.9 Å². The van der Waals surface area contributed by atoms with E-state index < -0.39 is 17.4 Å². The van der Waals surface area contributed by atoms with Crippen molar-refractivity contribution in [2.45, 2.75) is 12.7 Å². The zero-order chi connectivity index (χ0) is 19.9. The number of rotatable bonds is 3. The van der Waals surface area contributed by atoms with Gasteiger partial charge in [0.1, 0.15) is 0 Å². The normalized spacial score (nSPS) is 11.7. The predicted molar refractivity (Wildman–Crippen MR) is 97.0 cm³/mol. The van der Waals surface area contributed by atoms with Crippen LogP contribution in [-0.2, 0) is 12.7 Å². The molecule has 0 aliphatic heterocycles. The van der Waals surface area contributed by atoms with Crippen molar-refractivity contribution in [2.75, 3.05) is 0 Å². The zero-order valence-electron chi connectivity index (χ0n) is 14.0. The van der Waals surface area contributed by atoms with E-state index in [0.717, 1.165) is 0 Å². The number of nitrogens with zero attached hydrogens (tertiary/aromatic N) is 4. The van der Waals surface area contributed by atoms with Gasteiger partial charge in [-0.25, -0.2) is 4.85 Å². The van der Waals surface area contributed by atoms with E-state index in [9.17, 15) is 13.2 Å². The second-order valence-electron chi connectivity index (χ2n) is 5.97. The molecule has 0 radical (unpaired) electrons. The summed E-state index contributed by atoms with van der Waals surface area (Å²) in [6.45, 7) is 7.12. The Kier molecular flexibility index (Phi) is 4.32. The van der Waals surface area contributed by atoms with Crippen LogP contribution in [0, 0.1) is 6.57 Å². The number of aromatic nitrogens is 3. The summed E-state index contributed by atoms with van der Waals surface area (Å²) >= 11 is 5.85. The first-order valence-corrected chi connectivity index (χ1v) is 8.39. The minimum absolute atomic E-state index is 0.0394. The quantitative estimate of drug-likeness (QED) is 0.397. The molecule has 140 valence electrons. The number of fused-ring (bicyclic) bond motifs is 1. The van der Waals surface area contributed by atoms with E-state index in [1.54, 1.807) is 28.8 Å². The van der Waals surface area contributed by atoms with E-state index in [1.165, 1.54) is 24.4 Å². The lowest BCUT2D eigenvalue weighted by Crippen LogP contribution is -2.06. The average Bonchev–Trinajstić information content (AvgIpc) is 3.28. The SMILES string of the molecule is [C-]#[N+]c1ccc2c(ccn2Cc2noc(-c3ccc(Cl)cc3)n2)c1C(F)(F)F. The molecule has 28 heavy (non-hydrogen) atoms. The fourth-order valence-corrected chi connectivity index (χ4v) is 3.10. The van der Waals surface area contributed by atoms with E-state index in [2.05, 4.69) is 15.0 Å². The molecule has 0 unspecified atom stereocenters. The second kappa shape index (κ2) is 6.69. The first kappa shape index (κ1) is 18.1. The second-order valence-corrected chi connectivity index (χ2v) is 6.40. The summed E-state index contributed by atoms with van der Waals surface area (Å²) < 4.78 is 47.1. The lowest BCUT2D eigenvalue weighted by molar-refractivity contribution is -0.135. The minimum atomic E-state index is -4.63. The number of hydrogen-bond acceptors (Lipinski definition) is 3. The molecule has 0 saturated heterocycles. The molecule has 0 amide bonds. The molecule has 2 aromatic carbocycles. The third-order valence-corrected chi connectivity index (χ3v) is 4.46. The Morgan fingerprint density at radius 1 is 1.11 bits per heavy atom. The lowest BCUT2D eigenvalue weighted by atomic mass is 10.1. The summed E-state index contributed by atoms with van der Waals surface area (Å²) in [4.78, 5) is 7.28. The van der Waals surface area contributed by atoms with E-state index in [-0.39, 0.29) is 17.8 Å². The Morgan fingerprint density at radius 2 is 1.86 bits per heavy atom. The molecule has 0 spiro atoms. The summed E-state index contributed by atoms with van der Waals surface area (Å²) in [5.74, 6) is 0.597. The van der Waals surface area contributed by atoms with Gasteiger partial charge in [0.15, 0.2) is 11.5 Å². The van der Waals surface area contributed by atoms with Gasteiger partial charge in [-0.1, -0.05) is 22.8 Å². The van der Waals surface area contributed by atoms with Gasteiger partial charge >= 0.3 is 6.18 Å². The maximum atomic E-state index is 13.4. The Morgan fingerprint density at radius 3 is 2.54 bits per heavy atom. The van der Waals surface area contributed by atoms with Crippen LogP contribution in [0.25, 0.3) is 27.2 Å². The van der Waals surface area contributed by atoms with E-state index in [0.29, 0.717) is 21.9 Å². The lowest BCUT2D eigenvalue weighted by Gasteiger charge is -2.11. The van der Waals surface area contributed by atoms with Gasteiger partial charge in [0.05, 0.1) is 18.7 Å². The number of alkyl halides is 3. The summed E-state index contributed by atoms with van der Waals surface area (Å²) in [5, 5.41) is 4.42. The first-order chi connectivity index (χ1) is 13.4. The van der Waals surface area contributed by atoms with Crippen LogP contribution in [0.1, 0.15) is 11.4 Å². The molecule has 4 rings (SSSR count). The van der Waals surface area contributed by atoms with Crippen LogP contribution in [-0.4, -0.2) is 14.7 Å². The summed E-state index contributed by atoms with van der Waals surface area (Å²) in [6, 6.07) is 10.8. The number of halogens is 4. The average molecular weight is 403 g/mol. The number of hydrogen-bond donors (Lipinski definition) is 0. The fourth-order valence-electron chi connectivity index (χ4n) is 2.97. The van der Waals surface area contributed by atoms with Crippen molar-refractivity contribution in [2.24, 2.45) is 0 Å². The Balaban J connectivity index is 1.70. The Hall–Kier alpha value is -3.31. The Labute approximate surface area is 161 Å². The largest absolute Gasteiger partial charge is 0.408 e. The van der Waals surface area contributed by atoms with Crippen molar-refractivity contribution in [3.8, 4) is 11.5 Å². The third-order valence-electron chi connectivity index (χ3n) is 4.21. The highest BCUT2D eigenvalue weighted by atomic mass is 35.5. The van der Waals surface area contributed by atoms with E-state index in [1.807, 2.05) is 0 Å². The first-order valence-electron chi connectivity index (χ1n) is 8.02. The minimum Gasteiger partial charge on any atom is -0.340 e. The van der Waals surface area contributed by atoms with Crippen molar-refractivity contribution < 1.29 is 17.7 Å². The van der Waals surface area contributed by atoms with Crippen molar-refractivity contribution in [3.05, 3.63) is 76.5 Å². The molecule has 0 fully saturated rings. The smallest absolute Gasteiger partial charge is 0.340 e. The van der Waals surface area contributed by atoms with Crippen LogP contribution in [0.15, 0.2) is 53.2 Å². The van der Waals surface area contributed by atoms with Crippen LogP contribution >= 0.6 is 11.6 Å². The van der Waals surface area contributed by atoms with Gasteiger partial charge in [0, 0.05) is 27.7 Å². The van der Waals surface area contributed by atoms with Crippen molar-refractivity contribution in [1.82, 2.24) is 14.7 Å². The standard InChI is InChI=1S/C19H10ClF3N4O/c1-24-14-6-7-15-13(17(14)19(21,22)23)8-9-27(15)10-16-25-18(28-26-16)11-2-4-12(20)5-3-11/h2-9H,10H2. The monoisotopic (exact) mass is 402 g/mol. The molecule has 0 atom stereocenters. The fraction of sp³-hybridized carbons (Fsp3) is 0.105.